The summed E-state index contributed by atoms with van der Waals surface area (Å²) in [6.07, 6.45) is -0.479. The summed E-state index contributed by atoms with van der Waals surface area (Å²) in [5.74, 6) is -1.19. The van der Waals surface area contributed by atoms with Crippen LogP contribution >= 0.6 is 11.3 Å². The van der Waals surface area contributed by atoms with Crippen LogP contribution in [0.2, 0.25) is 0 Å². The van der Waals surface area contributed by atoms with Crippen LogP contribution in [0, 0.1) is 12.3 Å². The van der Waals surface area contributed by atoms with E-state index in [0.717, 1.165) is 10.6 Å². The molecule has 1 N–H and O–H groups in total. The van der Waals surface area contributed by atoms with E-state index < -0.39 is 17.5 Å². The average molecular weight is 486 g/mol. The Kier molecular flexibility index (Phi) is 5.19. The molecule has 0 unspecified atom stereocenters. The van der Waals surface area contributed by atoms with E-state index in [9.17, 15) is 18.0 Å². The zero-order valence-corrected chi connectivity index (χ0v) is 18.8. The van der Waals surface area contributed by atoms with Crippen molar-refractivity contribution in [3.05, 3.63) is 41.9 Å². The lowest BCUT2D eigenvalue weighted by atomic mass is 10.1. The molecule has 4 heterocycles. The smallest absolute Gasteiger partial charge is 0.403 e. The van der Waals surface area contributed by atoms with Gasteiger partial charge in [-0.1, -0.05) is 0 Å². The molecule has 8 nitrogen and oxygen atoms in total. The van der Waals surface area contributed by atoms with E-state index in [4.69, 9.17) is 4.74 Å². The number of halogens is 3. The molecule has 0 bridgehead atoms. The molecule has 1 amide bonds. The minimum Gasteiger partial charge on any atom is -0.493 e. The number of carbonyl (C=O) groups is 1. The van der Waals surface area contributed by atoms with Crippen LogP contribution < -0.4 is 10.1 Å². The Bertz CT molecular complexity index is 1400. The highest BCUT2D eigenvalue weighted by molar-refractivity contribution is 7.15. The number of nitrogens with zero attached hydrogens (tertiary/aromatic N) is 5. The quantitative estimate of drug-likeness (QED) is 0.432. The number of anilines is 1. The second-order valence-electron chi connectivity index (χ2n) is 7.82. The summed E-state index contributed by atoms with van der Waals surface area (Å²) in [5, 5.41) is 3.10. The van der Waals surface area contributed by atoms with E-state index in [1.165, 1.54) is 30.8 Å². The highest BCUT2D eigenvalue weighted by Gasteiger charge is 2.68. The number of fused-ring (bicyclic) bond motifs is 1. The number of methoxy groups -OCH3 is 1. The molecule has 1 aliphatic rings. The van der Waals surface area contributed by atoms with Gasteiger partial charge >= 0.3 is 6.18 Å². The number of thiazole rings is 1. The van der Waals surface area contributed by atoms with Crippen LogP contribution in [0.5, 0.6) is 5.75 Å². The van der Waals surface area contributed by atoms with Gasteiger partial charge in [0.25, 0.3) is 0 Å². The molecule has 1 aliphatic carbocycles. The third kappa shape index (κ3) is 3.63. The van der Waals surface area contributed by atoms with E-state index >= 15 is 0 Å². The molecule has 34 heavy (non-hydrogen) atoms. The molecule has 0 aliphatic heterocycles. The molecule has 0 aromatic carbocycles. The van der Waals surface area contributed by atoms with Crippen molar-refractivity contribution < 1.29 is 22.7 Å². The van der Waals surface area contributed by atoms with Gasteiger partial charge in [-0.05, 0) is 31.9 Å². The van der Waals surface area contributed by atoms with E-state index in [1.807, 2.05) is 13.0 Å². The number of alkyl halides is 3. The van der Waals surface area contributed by atoms with E-state index in [2.05, 4.69) is 30.2 Å². The molecular formula is C22H17F3N6O2S. The number of amides is 1. The van der Waals surface area contributed by atoms with Crippen LogP contribution in [-0.2, 0) is 4.79 Å². The molecule has 0 saturated heterocycles. The van der Waals surface area contributed by atoms with Gasteiger partial charge in [-0.2, -0.15) is 13.2 Å². The van der Waals surface area contributed by atoms with Gasteiger partial charge in [-0.15, -0.1) is 11.3 Å². The zero-order chi connectivity index (χ0) is 24.1. The molecule has 0 radical (unpaired) electrons. The number of carbonyl (C=O) groups excluding carboxylic acids is 1. The third-order valence-electron chi connectivity index (χ3n) is 5.64. The van der Waals surface area contributed by atoms with Crippen LogP contribution in [0.4, 0.5) is 19.0 Å². The standard InChI is InChI=1S/C22H17F3N6O2S/c1-11-29-15(12-4-3-7-26-9-12)18(34-11)17-16-13(27-10-28-17)8-14(33-2)19(30-16)31-20(32)21(5-6-21)22(23,24)25/h3-4,7-10H,5-6H2,1-2H3,(H,30,31,32). The van der Waals surface area contributed by atoms with Gasteiger partial charge < -0.3 is 10.1 Å². The van der Waals surface area contributed by atoms with Gasteiger partial charge in [0.05, 0.1) is 28.2 Å². The number of aryl methyl sites for hydroxylation is 1. The van der Waals surface area contributed by atoms with Gasteiger partial charge in [0.2, 0.25) is 5.91 Å². The Balaban J connectivity index is 1.63. The summed E-state index contributed by atoms with van der Waals surface area (Å²) < 4.78 is 45.6. The van der Waals surface area contributed by atoms with Crippen molar-refractivity contribution in [3.63, 3.8) is 0 Å². The summed E-state index contributed by atoms with van der Waals surface area (Å²) in [6.45, 7) is 1.85. The van der Waals surface area contributed by atoms with E-state index in [-0.39, 0.29) is 24.4 Å². The predicted molar refractivity (Wildman–Crippen MR) is 119 cm³/mol. The number of aromatic nitrogens is 5. The molecule has 4 aromatic rings. The lowest BCUT2D eigenvalue weighted by molar-refractivity contribution is -0.189. The fourth-order valence-electron chi connectivity index (χ4n) is 3.66. The Morgan fingerprint density at radius 3 is 2.65 bits per heavy atom. The Morgan fingerprint density at radius 2 is 2.00 bits per heavy atom. The van der Waals surface area contributed by atoms with Crippen molar-refractivity contribution in [2.45, 2.75) is 25.9 Å². The second-order valence-corrected chi connectivity index (χ2v) is 9.02. The Labute approximate surface area is 195 Å². The monoisotopic (exact) mass is 486 g/mol. The molecule has 174 valence electrons. The van der Waals surface area contributed by atoms with E-state index in [0.29, 0.717) is 27.3 Å². The van der Waals surface area contributed by atoms with Gasteiger partial charge in [0, 0.05) is 24.0 Å². The van der Waals surface area contributed by atoms with Gasteiger partial charge in [0.1, 0.15) is 23.0 Å². The molecule has 5 rings (SSSR count). The Morgan fingerprint density at radius 1 is 1.21 bits per heavy atom. The van der Waals surface area contributed by atoms with Crippen molar-refractivity contribution in [2.24, 2.45) is 5.41 Å². The largest absolute Gasteiger partial charge is 0.493 e. The fourth-order valence-corrected chi connectivity index (χ4v) is 4.60. The Hall–Kier alpha value is -3.67. The first-order valence-electron chi connectivity index (χ1n) is 10.2. The molecule has 0 spiro atoms. The van der Waals surface area contributed by atoms with Crippen molar-refractivity contribution in [3.8, 4) is 27.6 Å². The van der Waals surface area contributed by atoms with Crippen LogP contribution in [0.1, 0.15) is 17.8 Å². The number of hydrogen-bond acceptors (Lipinski definition) is 8. The van der Waals surface area contributed by atoms with Gasteiger partial charge in [-0.25, -0.2) is 19.9 Å². The van der Waals surface area contributed by atoms with Gasteiger partial charge in [-0.3, -0.25) is 9.78 Å². The molecule has 12 heteroatoms. The maximum atomic E-state index is 13.4. The zero-order valence-electron chi connectivity index (χ0n) is 18.0. The normalized spacial score (nSPS) is 14.7. The minimum atomic E-state index is -4.64. The second kappa shape index (κ2) is 7.97. The number of ether oxygens (including phenoxy) is 1. The molecule has 1 fully saturated rings. The highest BCUT2D eigenvalue weighted by Crippen LogP contribution is 2.58. The molecule has 0 atom stereocenters. The summed E-state index contributed by atoms with van der Waals surface area (Å²) >= 11 is 1.39. The van der Waals surface area contributed by atoms with Crippen molar-refractivity contribution >= 4 is 34.1 Å². The summed E-state index contributed by atoms with van der Waals surface area (Å²) in [7, 11) is 1.34. The summed E-state index contributed by atoms with van der Waals surface area (Å²) in [5.41, 5.74) is 0.158. The van der Waals surface area contributed by atoms with E-state index in [1.54, 1.807) is 18.5 Å². The topological polar surface area (TPSA) is 103 Å². The number of hydrogen-bond donors (Lipinski definition) is 1. The minimum absolute atomic E-state index is 0.0939. The predicted octanol–water partition coefficient (Wildman–Crippen LogP) is 4.81. The van der Waals surface area contributed by atoms with Crippen molar-refractivity contribution in [2.75, 3.05) is 12.4 Å². The van der Waals surface area contributed by atoms with Crippen LogP contribution in [-0.4, -0.2) is 44.1 Å². The van der Waals surface area contributed by atoms with Crippen LogP contribution in [0.15, 0.2) is 36.9 Å². The van der Waals surface area contributed by atoms with Crippen LogP contribution in [0.25, 0.3) is 32.9 Å². The average Bonchev–Trinajstić information content (AvgIpc) is 3.56. The fraction of sp³-hybridized carbons (Fsp3) is 0.273. The number of pyridine rings is 2. The first-order chi connectivity index (χ1) is 16.2. The van der Waals surface area contributed by atoms with Crippen LogP contribution in [0.3, 0.4) is 0 Å². The first kappa shape index (κ1) is 22.1. The van der Waals surface area contributed by atoms with Crippen molar-refractivity contribution in [1.29, 1.82) is 0 Å². The lowest BCUT2D eigenvalue weighted by Crippen LogP contribution is -2.37. The maximum Gasteiger partial charge on any atom is 0.403 e. The van der Waals surface area contributed by atoms with Gasteiger partial charge in [0.15, 0.2) is 11.6 Å². The molecule has 4 aromatic heterocycles. The SMILES string of the molecule is COc1cc2ncnc(-c3sc(C)nc3-c3cccnc3)c2nc1NC(=O)C1(C(F)(F)F)CC1. The first-order valence-corrected chi connectivity index (χ1v) is 11.0. The summed E-state index contributed by atoms with van der Waals surface area (Å²) in [6, 6.07) is 5.16. The third-order valence-corrected chi connectivity index (χ3v) is 6.62. The number of rotatable bonds is 5. The summed E-state index contributed by atoms with van der Waals surface area (Å²) in [4.78, 5) is 35.1. The highest BCUT2D eigenvalue weighted by atomic mass is 32.1. The lowest BCUT2D eigenvalue weighted by Gasteiger charge is -2.19. The number of nitrogens with one attached hydrogen (secondary N) is 1. The molecular weight excluding hydrogens is 469 g/mol. The molecule has 1 saturated carbocycles. The maximum absolute atomic E-state index is 13.4. The van der Waals surface area contributed by atoms with Crippen molar-refractivity contribution in [1.82, 2.24) is 24.9 Å².